The van der Waals surface area contributed by atoms with Crippen molar-refractivity contribution < 1.29 is 4.79 Å². The van der Waals surface area contributed by atoms with Crippen LogP contribution in [-0.4, -0.2) is 18.2 Å². The summed E-state index contributed by atoms with van der Waals surface area (Å²) in [5.41, 5.74) is 6.84. The lowest BCUT2D eigenvalue weighted by Gasteiger charge is -2.13. The summed E-state index contributed by atoms with van der Waals surface area (Å²) in [6.45, 7) is 8.11. The monoisotopic (exact) mass is 427 g/mol. The number of amides is 1. The van der Waals surface area contributed by atoms with E-state index in [1.165, 1.54) is 5.56 Å². The van der Waals surface area contributed by atoms with Crippen molar-refractivity contribution in [3.05, 3.63) is 69.7 Å². The number of allylic oxidation sites excluding steroid dienone is 1. The van der Waals surface area contributed by atoms with Gasteiger partial charge in [-0.25, -0.2) is 5.43 Å². The van der Waals surface area contributed by atoms with Gasteiger partial charge in [-0.05, 0) is 60.7 Å². The van der Waals surface area contributed by atoms with Crippen molar-refractivity contribution in [2.75, 3.05) is 5.32 Å². The lowest BCUT2D eigenvalue weighted by Crippen LogP contribution is -2.34. The second-order valence-electron chi connectivity index (χ2n) is 6.82. The lowest BCUT2D eigenvalue weighted by molar-refractivity contribution is -0.121. The Labute approximate surface area is 169 Å². The summed E-state index contributed by atoms with van der Waals surface area (Å²) in [6.07, 6.45) is 3.68. The summed E-state index contributed by atoms with van der Waals surface area (Å²) < 4.78 is 0.996. The molecule has 0 spiro atoms. The molecule has 0 heterocycles. The zero-order chi connectivity index (χ0) is 19.8. The molecule has 0 bridgehead atoms. The SMILES string of the molecule is CC(/C=N/NC(=O)C(C)Nc1ccc(Br)cc1)=C\c1ccc(C(C)C)cc1. The van der Waals surface area contributed by atoms with Gasteiger partial charge < -0.3 is 5.32 Å². The molecular weight excluding hydrogens is 402 g/mol. The third-order valence-electron chi connectivity index (χ3n) is 4.06. The van der Waals surface area contributed by atoms with E-state index in [9.17, 15) is 4.79 Å². The predicted molar refractivity (Wildman–Crippen MR) is 118 cm³/mol. The van der Waals surface area contributed by atoms with Gasteiger partial charge in [-0.3, -0.25) is 4.79 Å². The second-order valence-corrected chi connectivity index (χ2v) is 7.73. The fourth-order valence-corrected chi connectivity index (χ4v) is 2.70. The van der Waals surface area contributed by atoms with Gasteiger partial charge in [0.05, 0.1) is 6.21 Å². The van der Waals surface area contributed by atoms with Crippen LogP contribution in [0.3, 0.4) is 0 Å². The van der Waals surface area contributed by atoms with Crippen LogP contribution in [0.25, 0.3) is 6.08 Å². The smallest absolute Gasteiger partial charge is 0.262 e. The van der Waals surface area contributed by atoms with Gasteiger partial charge in [-0.15, -0.1) is 0 Å². The summed E-state index contributed by atoms with van der Waals surface area (Å²) in [5, 5.41) is 7.19. The van der Waals surface area contributed by atoms with Gasteiger partial charge in [0, 0.05) is 10.2 Å². The van der Waals surface area contributed by atoms with Crippen molar-refractivity contribution in [1.29, 1.82) is 0 Å². The highest BCUT2D eigenvalue weighted by Gasteiger charge is 2.11. The molecule has 2 N–H and O–H groups in total. The first kappa shape index (κ1) is 20.9. The van der Waals surface area contributed by atoms with E-state index < -0.39 is 6.04 Å². The average molecular weight is 428 g/mol. The van der Waals surface area contributed by atoms with Gasteiger partial charge in [-0.1, -0.05) is 60.1 Å². The molecule has 2 rings (SSSR count). The fourth-order valence-electron chi connectivity index (χ4n) is 2.43. The highest BCUT2D eigenvalue weighted by Crippen LogP contribution is 2.16. The van der Waals surface area contributed by atoms with E-state index in [1.807, 2.05) is 37.3 Å². The number of nitrogens with zero attached hydrogens (tertiary/aromatic N) is 1. The molecule has 0 aliphatic rings. The Bertz CT molecular complexity index is 808. The molecule has 27 heavy (non-hydrogen) atoms. The van der Waals surface area contributed by atoms with E-state index in [4.69, 9.17) is 0 Å². The molecule has 142 valence electrons. The minimum Gasteiger partial charge on any atom is -0.374 e. The number of halogens is 1. The van der Waals surface area contributed by atoms with Crippen molar-refractivity contribution in [3.63, 3.8) is 0 Å². The zero-order valence-corrected chi connectivity index (χ0v) is 17.7. The second kappa shape index (κ2) is 10.1. The van der Waals surface area contributed by atoms with Crippen molar-refractivity contribution in [2.24, 2.45) is 5.10 Å². The van der Waals surface area contributed by atoms with Gasteiger partial charge in [0.1, 0.15) is 6.04 Å². The van der Waals surface area contributed by atoms with Gasteiger partial charge in [0.2, 0.25) is 0 Å². The quantitative estimate of drug-likeness (QED) is 0.447. The minimum atomic E-state index is -0.392. The normalized spacial score (nSPS) is 13.0. The third kappa shape index (κ3) is 7.02. The highest BCUT2D eigenvalue weighted by molar-refractivity contribution is 9.10. The number of carbonyl (C=O) groups is 1. The fraction of sp³-hybridized carbons (Fsp3) is 0.273. The maximum Gasteiger partial charge on any atom is 0.262 e. The van der Waals surface area contributed by atoms with Crippen LogP contribution in [0.1, 0.15) is 44.7 Å². The zero-order valence-electron chi connectivity index (χ0n) is 16.2. The molecule has 5 heteroatoms. The van der Waals surface area contributed by atoms with Crippen LogP contribution in [0, 0.1) is 0 Å². The van der Waals surface area contributed by atoms with Crippen LogP contribution in [-0.2, 0) is 4.79 Å². The molecule has 1 amide bonds. The first-order valence-electron chi connectivity index (χ1n) is 8.98. The van der Waals surface area contributed by atoms with E-state index in [2.05, 4.69) is 69.9 Å². The maximum absolute atomic E-state index is 12.1. The van der Waals surface area contributed by atoms with Crippen molar-refractivity contribution >= 4 is 39.8 Å². The summed E-state index contributed by atoms with van der Waals surface area (Å²) >= 11 is 3.39. The van der Waals surface area contributed by atoms with Gasteiger partial charge in [0.25, 0.3) is 5.91 Å². The van der Waals surface area contributed by atoms with E-state index >= 15 is 0 Å². The summed E-state index contributed by atoms with van der Waals surface area (Å²) in [4.78, 5) is 12.1. The number of hydrogen-bond acceptors (Lipinski definition) is 3. The van der Waals surface area contributed by atoms with Crippen LogP contribution >= 0.6 is 15.9 Å². The van der Waals surface area contributed by atoms with Crippen LogP contribution in [0.4, 0.5) is 5.69 Å². The number of carbonyl (C=O) groups excluding carboxylic acids is 1. The van der Waals surface area contributed by atoms with Crippen LogP contribution in [0.5, 0.6) is 0 Å². The molecule has 4 nitrogen and oxygen atoms in total. The Hall–Kier alpha value is -2.40. The number of hydrazone groups is 1. The maximum atomic E-state index is 12.1. The molecule has 1 unspecified atom stereocenters. The number of benzene rings is 2. The van der Waals surface area contributed by atoms with E-state index in [1.54, 1.807) is 13.1 Å². The third-order valence-corrected chi connectivity index (χ3v) is 4.59. The van der Waals surface area contributed by atoms with Crippen molar-refractivity contribution in [3.8, 4) is 0 Å². The Morgan fingerprint density at radius 2 is 1.67 bits per heavy atom. The standard InChI is InChI=1S/C22H26BrN3O/c1-15(2)19-7-5-18(6-8-19)13-16(3)14-24-26-22(27)17(4)25-21-11-9-20(23)10-12-21/h5-15,17,25H,1-4H3,(H,26,27)/b16-13+,24-14+. The first-order chi connectivity index (χ1) is 12.8. The molecule has 0 aliphatic carbocycles. The van der Waals surface area contributed by atoms with Crippen LogP contribution in [0.2, 0.25) is 0 Å². The van der Waals surface area contributed by atoms with Gasteiger partial charge in [0.15, 0.2) is 0 Å². The molecule has 0 fully saturated rings. The first-order valence-corrected chi connectivity index (χ1v) is 9.77. The molecule has 2 aromatic rings. The Kier molecular flexibility index (Phi) is 7.80. The molecule has 0 aliphatic heterocycles. The number of nitrogens with one attached hydrogen (secondary N) is 2. The van der Waals surface area contributed by atoms with E-state index in [0.717, 1.165) is 21.3 Å². The topological polar surface area (TPSA) is 53.5 Å². The van der Waals surface area contributed by atoms with Gasteiger partial charge in [-0.2, -0.15) is 5.10 Å². The van der Waals surface area contributed by atoms with E-state index in [-0.39, 0.29) is 5.91 Å². The lowest BCUT2D eigenvalue weighted by atomic mass is 10.0. The molecule has 2 aromatic carbocycles. The molecule has 0 saturated heterocycles. The van der Waals surface area contributed by atoms with Crippen LogP contribution < -0.4 is 10.7 Å². The summed E-state index contributed by atoms with van der Waals surface area (Å²) in [5.74, 6) is 0.331. The van der Waals surface area contributed by atoms with Crippen molar-refractivity contribution in [1.82, 2.24) is 5.43 Å². The molecule has 0 saturated carbocycles. The van der Waals surface area contributed by atoms with Crippen LogP contribution in [0.15, 0.2) is 63.7 Å². The molecular formula is C22H26BrN3O. The highest BCUT2D eigenvalue weighted by atomic mass is 79.9. The Morgan fingerprint density at radius 1 is 1.04 bits per heavy atom. The molecule has 0 aromatic heterocycles. The largest absolute Gasteiger partial charge is 0.374 e. The van der Waals surface area contributed by atoms with Gasteiger partial charge >= 0.3 is 0 Å². The number of rotatable bonds is 7. The van der Waals surface area contributed by atoms with Crippen molar-refractivity contribution in [2.45, 2.75) is 39.7 Å². The summed E-state index contributed by atoms with van der Waals surface area (Å²) in [6, 6.07) is 15.7. The molecule has 0 radical (unpaired) electrons. The number of anilines is 1. The molecule has 1 atom stereocenters. The van der Waals surface area contributed by atoms with E-state index in [0.29, 0.717) is 5.92 Å². The average Bonchev–Trinajstić information content (AvgIpc) is 2.64. The summed E-state index contributed by atoms with van der Waals surface area (Å²) in [7, 11) is 0. The Morgan fingerprint density at radius 3 is 2.26 bits per heavy atom. The minimum absolute atomic E-state index is 0.191. The predicted octanol–water partition coefficient (Wildman–Crippen LogP) is 5.58. The Balaban J connectivity index is 1.87. The number of hydrogen-bond donors (Lipinski definition) is 2.